The van der Waals surface area contributed by atoms with Gasteiger partial charge in [-0.1, -0.05) is 0 Å². The number of ether oxygens (including phenoxy) is 1. The van der Waals surface area contributed by atoms with E-state index in [-0.39, 0.29) is 11.6 Å². The van der Waals surface area contributed by atoms with Gasteiger partial charge in [0, 0.05) is 11.6 Å². The molecule has 1 amide bonds. The van der Waals surface area contributed by atoms with Crippen LogP contribution in [0.5, 0.6) is 5.75 Å². The molecule has 5 nitrogen and oxygen atoms in total. The summed E-state index contributed by atoms with van der Waals surface area (Å²) in [6.45, 7) is 0. The fraction of sp³-hybridized carbons (Fsp3) is 0.0667. The Balaban J connectivity index is 1.90. The number of methoxy groups -OCH3 is 1. The van der Waals surface area contributed by atoms with Crippen LogP contribution in [0.1, 0.15) is 10.4 Å². The van der Waals surface area contributed by atoms with Crippen molar-refractivity contribution in [3.63, 3.8) is 0 Å². The van der Waals surface area contributed by atoms with Gasteiger partial charge in [-0.3, -0.25) is 4.79 Å². The topological polar surface area (TPSA) is 67.0 Å². The number of carbonyl (C=O) groups is 1. The molecule has 21 heavy (non-hydrogen) atoms. The number of H-pyrrole nitrogens is 1. The lowest BCUT2D eigenvalue weighted by Gasteiger charge is -2.10. The third-order valence-electron chi connectivity index (χ3n) is 3.09. The molecule has 6 heteroatoms. The SMILES string of the molecule is COc1ccc(F)cc1NC(=O)c1ccc2nc[nH]c2c1. The van der Waals surface area contributed by atoms with Gasteiger partial charge in [0.1, 0.15) is 11.6 Å². The van der Waals surface area contributed by atoms with E-state index in [9.17, 15) is 9.18 Å². The number of amides is 1. The number of carbonyl (C=O) groups excluding carboxylic acids is 1. The smallest absolute Gasteiger partial charge is 0.255 e. The Hall–Kier alpha value is -2.89. The Labute approximate surface area is 119 Å². The van der Waals surface area contributed by atoms with Gasteiger partial charge >= 0.3 is 0 Å². The van der Waals surface area contributed by atoms with E-state index in [1.54, 1.807) is 24.5 Å². The number of aromatic nitrogens is 2. The third-order valence-corrected chi connectivity index (χ3v) is 3.09. The minimum Gasteiger partial charge on any atom is -0.495 e. The van der Waals surface area contributed by atoms with Crippen molar-refractivity contribution < 1.29 is 13.9 Å². The number of hydrogen-bond donors (Lipinski definition) is 2. The van der Waals surface area contributed by atoms with Gasteiger partial charge < -0.3 is 15.0 Å². The number of hydrogen-bond acceptors (Lipinski definition) is 3. The first-order chi connectivity index (χ1) is 10.2. The van der Waals surface area contributed by atoms with Crippen LogP contribution in [0.4, 0.5) is 10.1 Å². The van der Waals surface area contributed by atoms with E-state index in [2.05, 4.69) is 15.3 Å². The molecule has 0 saturated carbocycles. The minimum atomic E-state index is -0.449. The summed E-state index contributed by atoms with van der Waals surface area (Å²) >= 11 is 0. The Morgan fingerprint density at radius 1 is 1.29 bits per heavy atom. The number of nitrogens with one attached hydrogen (secondary N) is 2. The van der Waals surface area contributed by atoms with Gasteiger partial charge in [-0.2, -0.15) is 0 Å². The monoisotopic (exact) mass is 285 g/mol. The van der Waals surface area contributed by atoms with Crippen LogP contribution in [0.2, 0.25) is 0 Å². The number of anilines is 1. The fourth-order valence-electron chi connectivity index (χ4n) is 2.05. The van der Waals surface area contributed by atoms with Crippen molar-refractivity contribution in [3.05, 3.63) is 54.1 Å². The molecule has 0 fully saturated rings. The van der Waals surface area contributed by atoms with Crippen LogP contribution in [0.15, 0.2) is 42.7 Å². The number of halogens is 1. The van der Waals surface area contributed by atoms with E-state index < -0.39 is 5.82 Å². The zero-order valence-corrected chi connectivity index (χ0v) is 11.2. The van der Waals surface area contributed by atoms with Crippen molar-refractivity contribution in [1.82, 2.24) is 9.97 Å². The van der Waals surface area contributed by atoms with Crippen LogP contribution in [-0.4, -0.2) is 23.0 Å². The lowest BCUT2D eigenvalue weighted by atomic mass is 10.2. The van der Waals surface area contributed by atoms with Crippen LogP contribution in [0, 0.1) is 5.82 Å². The van der Waals surface area contributed by atoms with Gasteiger partial charge in [-0.15, -0.1) is 0 Å². The van der Waals surface area contributed by atoms with Crippen LogP contribution in [0.25, 0.3) is 11.0 Å². The highest BCUT2D eigenvalue weighted by atomic mass is 19.1. The van der Waals surface area contributed by atoms with Gasteiger partial charge in [-0.25, -0.2) is 9.37 Å². The highest BCUT2D eigenvalue weighted by Gasteiger charge is 2.11. The predicted octanol–water partition coefficient (Wildman–Crippen LogP) is 2.96. The number of imidazole rings is 1. The summed E-state index contributed by atoms with van der Waals surface area (Å²) in [5.41, 5.74) is 2.26. The summed E-state index contributed by atoms with van der Waals surface area (Å²) in [5, 5.41) is 2.64. The van der Waals surface area contributed by atoms with Crippen LogP contribution in [0.3, 0.4) is 0 Å². The van der Waals surface area contributed by atoms with Crippen LogP contribution in [-0.2, 0) is 0 Å². The molecule has 0 saturated heterocycles. The first-order valence-electron chi connectivity index (χ1n) is 6.25. The predicted molar refractivity (Wildman–Crippen MR) is 77.0 cm³/mol. The Kier molecular flexibility index (Phi) is 3.27. The van der Waals surface area contributed by atoms with Crippen molar-refractivity contribution in [1.29, 1.82) is 0 Å². The van der Waals surface area contributed by atoms with Gasteiger partial charge in [0.25, 0.3) is 5.91 Å². The minimum absolute atomic E-state index is 0.284. The summed E-state index contributed by atoms with van der Waals surface area (Å²) in [5.74, 6) is -0.405. The zero-order valence-electron chi connectivity index (χ0n) is 11.2. The number of fused-ring (bicyclic) bond motifs is 1. The lowest BCUT2D eigenvalue weighted by Crippen LogP contribution is -2.12. The van der Waals surface area contributed by atoms with Gasteiger partial charge in [0.2, 0.25) is 0 Å². The Morgan fingerprint density at radius 3 is 2.95 bits per heavy atom. The number of nitrogens with zero attached hydrogens (tertiary/aromatic N) is 1. The average Bonchev–Trinajstić information content (AvgIpc) is 2.94. The number of benzene rings is 2. The van der Waals surface area contributed by atoms with Gasteiger partial charge in [-0.05, 0) is 30.3 Å². The molecule has 0 radical (unpaired) electrons. The fourth-order valence-corrected chi connectivity index (χ4v) is 2.05. The first kappa shape index (κ1) is 13.1. The van der Waals surface area contributed by atoms with Gasteiger partial charge in [0.05, 0.1) is 30.2 Å². The maximum Gasteiger partial charge on any atom is 0.255 e. The van der Waals surface area contributed by atoms with Crippen LogP contribution < -0.4 is 10.1 Å². The molecule has 2 aromatic carbocycles. The van der Waals surface area contributed by atoms with Gasteiger partial charge in [0.15, 0.2) is 0 Å². The van der Waals surface area contributed by atoms with Crippen molar-refractivity contribution in [2.45, 2.75) is 0 Å². The molecule has 0 aliphatic heterocycles. The average molecular weight is 285 g/mol. The van der Waals surface area contributed by atoms with E-state index in [0.717, 1.165) is 11.0 Å². The molecular weight excluding hydrogens is 273 g/mol. The lowest BCUT2D eigenvalue weighted by molar-refractivity contribution is 0.102. The Bertz CT molecular complexity index is 814. The van der Waals surface area contributed by atoms with E-state index in [1.165, 1.54) is 25.3 Å². The second kappa shape index (κ2) is 5.24. The van der Waals surface area contributed by atoms with Crippen LogP contribution >= 0.6 is 0 Å². The molecule has 3 aromatic rings. The van der Waals surface area contributed by atoms with Crippen molar-refractivity contribution in [2.24, 2.45) is 0 Å². The maximum absolute atomic E-state index is 13.3. The second-order valence-corrected chi connectivity index (χ2v) is 4.43. The van der Waals surface area contributed by atoms with E-state index in [0.29, 0.717) is 11.3 Å². The van der Waals surface area contributed by atoms with Crippen molar-refractivity contribution >= 4 is 22.6 Å². The van der Waals surface area contributed by atoms with E-state index in [4.69, 9.17) is 4.74 Å². The van der Waals surface area contributed by atoms with E-state index in [1.807, 2.05) is 0 Å². The molecule has 0 unspecified atom stereocenters. The summed E-state index contributed by atoms with van der Waals surface area (Å²) < 4.78 is 18.4. The molecule has 106 valence electrons. The molecule has 0 spiro atoms. The summed E-state index contributed by atoms with van der Waals surface area (Å²) in [7, 11) is 1.46. The highest BCUT2D eigenvalue weighted by molar-refractivity contribution is 6.06. The quantitative estimate of drug-likeness (QED) is 0.777. The standard InChI is InChI=1S/C15H12FN3O2/c1-21-14-5-3-10(16)7-13(14)19-15(20)9-2-4-11-12(6-9)18-8-17-11/h2-8H,1H3,(H,17,18)(H,19,20). The Morgan fingerprint density at radius 2 is 2.14 bits per heavy atom. The normalized spacial score (nSPS) is 10.6. The largest absolute Gasteiger partial charge is 0.495 e. The molecular formula is C15H12FN3O2. The number of rotatable bonds is 3. The van der Waals surface area contributed by atoms with E-state index >= 15 is 0 Å². The third kappa shape index (κ3) is 2.55. The number of aromatic amines is 1. The van der Waals surface area contributed by atoms with Crippen molar-refractivity contribution in [2.75, 3.05) is 12.4 Å². The summed E-state index contributed by atoms with van der Waals surface area (Å²) in [4.78, 5) is 19.3. The second-order valence-electron chi connectivity index (χ2n) is 4.43. The summed E-state index contributed by atoms with van der Waals surface area (Å²) in [6, 6.07) is 9.02. The molecule has 0 aliphatic rings. The van der Waals surface area contributed by atoms with Crippen molar-refractivity contribution in [3.8, 4) is 5.75 Å². The molecule has 3 rings (SSSR count). The maximum atomic E-state index is 13.3. The highest BCUT2D eigenvalue weighted by Crippen LogP contribution is 2.25. The molecule has 2 N–H and O–H groups in total. The first-order valence-corrected chi connectivity index (χ1v) is 6.25. The molecule has 0 bridgehead atoms. The zero-order chi connectivity index (χ0) is 14.8. The molecule has 0 atom stereocenters. The summed E-state index contributed by atoms with van der Waals surface area (Å²) in [6.07, 6.45) is 1.56. The molecule has 1 heterocycles. The molecule has 1 aromatic heterocycles. The molecule has 0 aliphatic carbocycles.